The lowest BCUT2D eigenvalue weighted by molar-refractivity contribution is -0.127. The smallest absolute Gasteiger partial charge is 0.245 e. The van der Waals surface area contributed by atoms with Gasteiger partial charge in [0.15, 0.2) is 0 Å². The molecular formula is C22H22FN3O2. The van der Waals surface area contributed by atoms with Crippen molar-refractivity contribution in [2.45, 2.75) is 18.8 Å². The van der Waals surface area contributed by atoms with Gasteiger partial charge in [0.25, 0.3) is 0 Å². The first-order valence-electron chi connectivity index (χ1n) is 9.35. The van der Waals surface area contributed by atoms with Crippen molar-refractivity contribution >= 4 is 16.8 Å². The van der Waals surface area contributed by atoms with E-state index in [9.17, 15) is 14.3 Å². The van der Waals surface area contributed by atoms with Gasteiger partial charge >= 0.3 is 0 Å². The number of hydrogen-bond donors (Lipinski definition) is 1. The number of piperidine rings is 1. The molecule has 28 heavy (non-hydrogen) atoms. The molecule has 0 bridgehead atoms. The maximum atomic E-state index is 14.2. The Balaban J connectivity index is 1.75. The second kappa shape index (κ2) is 7.11. The van der Waals surface area contributed by atoms with Crippen molar-refractivity contribution in [1.82, 2.24) is 14.7 Å². The van der Waals surface area contributed by atoms with Gasteiger partial charge in [-0.25, -0.2) is 4.39 Å². The summed E-state index contributed by atoms with van der Waals surface area (Å²) in [7, 11) is 1.89. The molecule has 0 radical (unpaired) electrons. The average Bonchev–Trinajstić information content (AvgIpc) is 3.02. The fourth-order valence-corrected chi connectivity index (χ4v) is 4.19. The summed E-state index contributed by atoms with van der Waals surface area (Å²) in [5.74, 6) is -0.434. The number of phenols is 1. The Morgan fingerprint density at radius 1 is 1.36 bits per heavy atom. The fraction of sp³-hybridized carbons (Fsp3) is 0.273. The predicted octanol–water partition coefficient (Wildman–Crippen LogP) is 3.98. The molecule has 1 fully saturated rings. The number of phenolic OH excluding ortho intramolecular Hbond substituents is 1. The summed E-state index contributed by atoms with van der Waals surface area (Å²) < 4.78 is 16.1. The Labute approximate surface area is 162 Å². The van der Waals surface area contributed by atoms with Crippen LogP contribution < -0.4 is 0 Å². The number of carbonyl (C=O) groups is 1. The van der Waals surface area contributed by atoms with E-state index in [-0.39, 0.29) is 23.1 Å². The highest BCUT2D eigenvalue weighted by molar-refractivity contribution is 5.89. The van der Waals surface area contributed by atoms with Crippen LogP contribution >= 0.6 is 0 Å². The van der Waals surface area contributed by atoms with Crippen LogP contribution in [-0.2, 0) is 11.8 Å². The number of likely N-dealkylation sites (tertiary alicyclic amines) is 1. The first-order valence-corrected chi connectivity index (χ1v) is 9.35. The Hall–Kier alpha value is -3.15. The van der Waals surface area contributed by atoms with E-state index in [0.29, 0.717) is 12.1 Å². The monoisotopic (exact) mass is 379 g/mol. The summed E-state index contributed by atoms with van der Waals surface area (Å²) >= 11 is 0. The van der Waals surface area contributed by atoms with Crippen LogP contribution in [0.1, 0.15) is 24.5 Å². The number of aromatic nitrogens is 2. The molecule has 144 valence electrons. The third-order valence-corrected chi connectivity index (χ3v) is 5.45. The van der Waals surface area contributed by atoms with Gasteiger partial charge in [-0.2, -0.15) is 5.10 Å². The molecule has 2 aromatic carbocycles. The molecule has 1 aromatic heterocycles. The van der Waals surface area contributed by atoms with Crippen LogP contribution in [0.3, 0.4) is 0 Å². The van der Waals surface area contributed by atoms with Crippen molar-refractivity contribution in [2.75, 3.05) is 13.1 Å². The van der Waals surface area contributed by atoms with Crippen LogP contribution in [0.5, 0.6) is 5.75 Å². The van der Waals surface area contributed by atoms with Crippen molar-refractivity contribution in [2.24, 2.45) is 7.05 Å². The summed E-state index contributed by atoms with van der Waals surface area (Å²) in [5.41, 5.74) is 2.57. The van der Waals surface area contributed by atoms with Crippen molar-refractivity contribution in [1.29, 1.82) is 0 Å². The highest BCUT2D eigenvalue weighted by Crippen LogP contribution is 2.36. The molecule has 2 heterocycles. The number of fused-ring (bicyclic) bond motifs is 1. The van der Waals surface area contributed by atoms with Crippen LogP contribution in [0.2, 0.25) is 0 Å². The molecule has 1 aliphatic rings. The maximum absolute atomic E-state index is 14.2. The number of amides is 1. The number of benzene rings is 2. The van der Waals surface area contributed by atoms with E-state index in [4.69, 9.17) is 0 Å². The van der Waals surface area contributed by atoms with E-state index in [2.05, 4.69) is 11.7 Å². The third-order valence-electron chi connectivity index (χ3n) is 5.45. The molecule has 3 aromatic rings. The minimum Gasteiger partial charge on any atom is -0.507 e. The highest BCUT2D eigenvalue weighted by atomic mass is 19.1. The summed E-state index contributed by atoms with van der Waals surface area (Å²) in [6.07, 6.45) is 3.26. The molecule has 1 unspecified atom stereocenters. The molecule has 0 saturated carbocycles. The van der Waals surface area contributed by atoms with Gasteiger partial charge in [-0.15, -0.1) is 0 Å². The largest absolute Gasteiger partial charge is 0.507 e. The number of halogens is 1. The first kappa shape index (κ1) is 18.2. The van der Waals surface area contributed by atoms with E-state index >= 15 is 0 Å². The molecule has 1 amide bonds. The Kier molecular flexibility index (Phi) is 4.63. The van der Waals surface area contributed by atoms with Gasteiger partial charge in [-0.3, -0.25) is 9.48 Å². The molecule has 0 spiro atoms. The summed E-state index contributed by atoms with van der Waals surface area (Å²) in [5, 5.41) is 15.7. The van der Waals surface area contributed by atoms with E-state index in [1.165, 1.54) is 24.3 Å². The van der Waals surface area contributed by atoms with Gasteiger partial charge in [-0.05, 0) is 42.7 Å². The number of rotatable bonds is 3. The van der Waals surface area contributed by atoms with Crippen LogP contribution in [0, 0.1) is 5.82 Å². The molecule has 1 atom stereocenters. The molecule has 6 heteroatoms. The van der Waals surface area contributed by atoms with Gasteiger partial charge in [-0.1, -0.05) is 24.8 Å². The Bertz CT molecular complexity index is 1050. The molecule has 1 saturated heterocycles. The highest BCUT2D eigenvalue weighted by Gasteiger charge is 2.27. The number of aryl methyl sites for hydroxylation is 1. The number of aromatic hydroxyl groups is 1. The zero-order chi connectivity index (χ0) is 19.8. The van der Waals surface area contributed by atoms with Gasteiger partial charge in [0.2, 0.25) is 5.91 Å². The lowest BCUT2D eigenvalue weighted by atomic mass is 9.92. The average molecular weight is 379 g/mol. The zero-order valence-electron chi connectivity index (χ0n) is 15.7. The van der Waals surface area contributed by atoms with Gasteiger partial charge in [0.1, 0.15) is 11.6 Å². The molecular weight excluding hydrogens is 357 g/mol. The van der Waals surface area contributed by atoms with Crippen molar-refractivity contribution < 1.29 is 14.3 Å². The first-order chi connectivity index (χ1) is 13.5. The van der Waals surface area contributed by atoms with E-state index < -0.39 is 5.82 Å². The molecule has 0 aliphatic carbocycles. The Morgan fingerprint density at radius 3 is 2.93 bits per heavy atom. The van der Waals surface area contributed by atoms with E-state index in [1.807, 2.05) is 22.7 Å². The molecule has 1 N–H and O–H groups in total. The lowest BCUT2D eigenvalue weighted by Gasteiger charge is -2.32. The maximum Gasteiger partial charge on any atom is 0.245 e. The summed E-state index contributed by atoms with van der Waals surface area (Å²) in [6.45, 7) is 4.96. The fourth-order valence-electron chi connectivity index (χ4n) is 4.19. The molecule has 1 aliphatic heterocycles. The van der Waals surface area contributed by atoms with Gasteiger partial charge < -0.3 is 10.0 Å². The van der Waals surface area contributed by atoms with E-state index in [0.717, 1.165) is 36.0 Å². The predicted molar refractivity (Wildman–Crippen MR) is 107 cm³/mol. The van der Waals surface area contributed by atoms with Crippen LogP contribution in [0.4, 0.5) is 4.39 Å². The van der Waals surface area contributed by atoms with Gasteiger partial charge in [0, 0.05) is 31.4 Å². The zero-order valence-corrected chi connectivity index (χ0v) is 15.7. The number of nitrogens with zero attached hydrogens (tertiary/aromatic N) is 3. The normalized spacial score (nSPS) is 17.1. The van der Waals surface area contributed by atoms with Crippen molar-refractivity contribution in [3.8, 4) is 16.9 Å². The van der Waals surface area contributed by atoms with Crippen LogP contribution in [0.25, 0.3) is 22.0 Å². The Morgan fingerprint density at radius 2 is 2.18 bits per heavy atom. The number of carbonyl (C=O) groups excluding carboxylic acids is 1. The van der Waals surface area contributed by atoms with E-state index in [1.54, 1.807) is 12.1 Å². The second-order valence-corrected chi connectivity index (χ2v) is 7.20. The topological polar surface area (TPSA) is 58.4 Å². The standard InChI is InChI=1S/C22H22FN3O2/c1-3-20(28)26-11-5-6-15(13-26)22-16-10-9-14(12-18(16)24-25(22)2)21-17(23)7-4-8-19(21)27/h3-4,7-10,12,15,27H,1,5-6,11,13H2,2H3. The third kappa shape index (κ3) is 3.05. The minimum absolute atomic E-state index is 0.0477. The summed E-state index contributed by atoms with van der Waals surface area (Å²) in [6, 6.07) is 9.81. The second-order valence-electron chi connectivity index (χ2n) is 7.20. The van der Waals surface area contributed by atoms with Crippen LogP contribution in [0.15, 0.2) is 49.1 Å². The lowest BCUT2D eigenvalue weighted by Crippen LogP contribution is -2.38. The minimum atomic E-state index is -0.471. The summed E-state index contributed by atoms with van der Waals surface area (Å²) in [4.78, 5) is 13.8. The molecule has 5 nitrogen and oxygen atoms in total. The number of hydrogen-bond acceptors (Lipinski definition) is 3. The van der Waals surface area contributed by atoms with Gasteiger partial charge in [0.05, 0.1) is 16.8 Å². The van der Waals surface area contributed by atoms with Crippen molar-refractivity contribution in [3.05, 3.63) is 60.6 Å². The van der Waals surface area contributed by atoms with Crippen molar-refractivity contribution in [3.63, 3.8) is 0 Å². The van der Waals surface area contributed by atoms with Crippen LogP contribution in [-0.4, -0.2) is 38.8 Å². The SMILES string of the molecule is C=CC(=O)N1CCCC(c2c3ccc(-c4c(O)cccc4F)cc3nn2C)C1. The molecule has 4 rings (SSSR count). The quantitative estimate of drug-likeness (QED) is 0.701.